The van der Waals surface area contributed by atoms with E-state index in [9.17, 15) is 9.18 Å². The Morgan fingerprint density at radius 3 is 2.89 bits per heavy atom. The van der Waals surface area contributed by atoms with Gasteiger partial charge in [0.2, 0.25) is 0 Å². The van der Waals surface area contributed by atoms with Gasteiger partial charge in [0.25, 0.3) is 0 Å². The van der Waals surface area contributed by atoms with E-state index in [4.69, 9.17) is 10.8 Å². The molecule has 0 bridgehead atoms. The van der Waals surface area contributed by atoms with E-state index in [1.165, 1.54) is 16.8 Å². The van der Waals surface area contributed by atoms with E-state index in [1.54, 1.807) is 24.5 Å². The lowest BCUT2D eigenvalue weighted by molar-refractivity contribution is -0.137. The van der Waals surface area contributed by atoms with Crippen molar-refractivity contribution in [3.63, 3.8) is 0 Å². The second-order valence-electron chi connectivity index (χ2n) is 3.87. The molecule has 3 N–H and O–H groups in total. The van der Waals surface area contributed by atoms with Gasteiger partial charge in [-0.15, -0.1) is 0 Å². The highest BCUT2D eigenvalue weighted by Gasteiger charge is 2.13. The molecule has 0 radical (unpaired) electrons. The summed E-state index contributed by atoms with van der Waals surface area (Å²) in [4.78, 5) is 10.5. The number of carboxylic acids is 1. The second kappa shape index (κ2) is 4.97. The summed E-state index contributed by atoms with van der Waals surface area (Å²) in [5.41, 5.74) is 6.41. The highest BCUT2D eigenvalue weighted by Crippen LogP contribution is 2.19. The molecule has 2 aromatic rings. The van der Waals surface area contributed by atoms with E-state index in [1.807, 2.05) is 0 Å². The van der Waals surface area contributed by atoms with Crippen LogP contribution in [0.4, 0.5) is 4.39 Å². The van der Waals surface area contributed by atoms with Crippen molar-refractivity contribution in [2.75, 3.05) is 0 Å². The van der Waals surface area contributed by atoms with Crippen LogP contribution in [0, 0.1) is 5.82 Å². The molecule has 0 saturated carbocycles. The molecule has 0 aliphatic carbocycles. The van der Waals surface area contributed by atoms with E-state index >= 15 is 0 Å². The van der Waals surface area contributed by atoms with Gasteiger partial charge < -0.3 is 10.8 Å². The third kappa shape index (κ3) is 2.54. The molecule has 0 aliphatic heterocycles. The van der Waals surface area contributed by atoms with Gasteiger partial charge in [-0.1, -0.05) is 6.07 Å². The zero-order valence-electron chi connectivity index (χ0n) is 9.45. The van der Waals surface area contributed by atoms with E-state index in [-0.39, 0.29) is 6.42 Å². The number of carboxylic acid groups (broad SMARTS) is 1. The fraction of sp³-hybridized carbons (Fsp3) is 0.167. The number of halogens is 1. The number of aromatic nitrogens is 2. The first-order chi connectivity index (χ1) is 8.58. The molecule has 1 heterocycles. The minimum atomic E-state index is -1.01. The molecular formula is C12H12FN3O2. The van der Waals surface area contributed by atoms with Crippen molar-refractivity contribution in [3.05, 3.63) is 48.0 Å². The van der Waals surface area contributed by atoms with Crippen LogP contribution in [0.1, 0.15) is 18.0 Å². The number of hydrogen-bond acceptors (Lipinski definition) is 3. The van der Waals surface area contributed by atoms with Crippen LogP contribution >= 0.6 is 0 Å². The van der Waals surface area contributed by atoms with Crippen molar-refractivity contribution >= 4 is 5.97 Å². The molecule has 6 heteroatoms. The van der Waals surface area contributed by atoms with Gasteiger partial charge in [-0.2, -0.15) is 5.10 Å². The second-order valence-corrected chi connectivity index (χ2v) is 3.87. The van der Waals surface area contributed by atoms with Gasteiger partial charge in [0.15, 0.2) is 0 Å². The predicted octanol–water partition coefficient (Wildman–Crippen LogP) is 1.49. The fourth-order valence-electron chi connectivity index (χ4n) is 1.66. The van der Waals surface area contributed by atoms with Crippen LogP contribution in [-0.2, 0) is 4.79 Å². The Morgan fingerprint density at radius 2 is 2.33 bits per heavy atom. The quantitative estimate of drug-likeness (QED) is 0.860. The minimum absolute atomic E-state index is 0.236. The number of benzene rings is 1. The number of nitrogens with zero attached hydrogens (tertiary/aromatic N) is 2. The van der Waals surface area contributed by atoms with Crippen molar-refractivity contribution in [3.8, 4) is 5.69 Å². The maximum Gasteiger partial charge on any atom is 0.305 e. The Labute approximate surface area is 103 Å². The molecular weight excluding hydrogens is 237 g/mol. The monoisotopic (exact) mass is 249 g/mol. The largest absolute Gasteiger partial charge is 0.481 e. The van der Waals surface area contributed by atoms with Gasteiger partial charge in [-0.25, -0.2) is 9.07 Å². The van der Waals surface area contributed by atoms with Crippen LogP contribution in [0.15, 0.2) is 36.7 Å². The van der Waals surface area contributed by atoms with Crippen LogP contribution in [0.25, 0.3) is 5.69 Å². The van der Waals surface area contributed by atoms with Crippen molar-refractivity contribution in [1.82, 2.24) is 9.78 Å². The van der Waals surface area contributed by atoms with Gasteiger partial charge in [0, 0.05) is 18.4 Å². The Hall–Kier alpha value is -2.21. The number of hydrogen-bond donors (Lipinski definition) is 2. The van der Waals surface area contributed by atoms with Gasteiger partial charge in [-0.05, 0) is 23.8 Å². The number of carbonyl (C=O) groups is 1. The zero-order valence-corrected chi connectivity index (χ0v) is 9.45. The van der Waals surface area contributed by atoms with Crippen molar-refractivity contribution in [2.45, 2.75) is 12.5 Å². The number of rotatable bonds is 4. The number of aliphatic carboxylic acids is 1. The molecule has 0 saturated heterocycles. The molecule has 1 aromatic heterocycles. The topological polar surface area (TPSA) is 81.1 Å². The first-order valence-electron chi connectivity index (χ1n) is 5.35. The van der Waals surface area contributed by atoms with Crippen molar-refractivity contribution in [2.24, 2.45) is 5.73 Å². The van der Waals surface area contributed by atoms with Crippen molar-refractivity contribution in [1.29, 1.82) is 0 Å². The molecule has 94 valence electrons. The third-order valence-corrected chi connectivity index (χ3v) is 2.55. The highest BCUT2D eigenvalue weighted by atomic mass is 19.1. The van der Waals surface area contributed by atoms with Crippen LogP contribution in [0.3, 0.4) is 0 Å². The highest BCUT2D eigenvalue weighted by molar-refractivity contribution is 5.67. The van der Waals surface area contributed by atoms with E-state index in [0.717, 1.165) is 0 Å². The summed E-state index contributed by atoms with van der Waals surface area (Å²) in [5, 5.41) is 12.6. The molecule has 5 nitrogen and oxygen atoms in total. The third-order valence-electron chi connectivity index (χ3n) is 2.55. The molecule has 0 aliphatic rings. The number of nitrogens with two attached hydrogens (primary N) is 1. The fourth-order valence-corrected chi connectivity index (χ4v) is 1.66. The molecule has 1 unspecified atom stereocenters. The first kappa shape index (κ1) is 12.3. The summed E-state index contributed by atoms with van der Waals surface area (Å²) >= 11 is 0. The SMILES string of the molecule is NC(CC(=O)O)c1ccc(-n2cccn2)c(F)c1. The molecule has 0 spiro atoms. The van der Waals surface area contributed by atoms with E-state index in [2.05, 4.69) is 5.10 Å². The summed E-state index contributed by atoms with van der Waals surface area (Å²) in [7, 11) is 0. The maximum absolute atomic E-state index is 13.8. The first-order valence-corrected chi connectivity index (χ1v) is 5.35. The average Bonchev–Trinajstić information content (AvgIpc) is 2.81. The van der Waals surface area contributed by atoms with Crippen LogP contribution in [0.2, 0.25) is 0 Å². The predicted molar refractivity (Wildman–Crippen MR) is 62.7 cm³/mol. The van der Waals surface area contributed by atoms with Crippen LogP contribution in [0.5, 0.6) is 0 Å². The normalized spacial score (nSPS) is 12.3. The zero-order chi connectivity index (χ0) is 13.1. The molecule has 18 heavy (non-hydrogen) atoms. The summed E-state index contributed by atoms with van der Waals surface area (Å²) < 4.78 is 15.2. The standard InChI is InChI=1S/C12H12FN3O2/c13-9-6-8(10(14)7-12(17)18)2-3-11(9)16-5-1-4-15-16/h1-6,10H,7,14H2,(H,17,18). The summed E-state index contributed by atoms with van der Waals surface area (Å²) in [6.07, 6.45) is 2.93. The summed E-state index contributed by atoms with van der Waals surface area (Å²) in [5.74, 6) is -1.50. The Balaban J connectivity index is 2.28. The van der Waals surface area contributed by atoms with Gasteiger partial charge in [0.1, 0.15) is 11.5 Å². The molecule has 1 atom stereocenters. The smallest absolute Gasteiger partial charge is 0.305 e. The van der Waals surface area contributed by atoms with Crippen molar-refractivity contribution < 1.29 is 14.3 Å². The van der Waals surface area contributed by atoms with Crippen LogP contribution < -0.4 is 5.73 Å². The lowest BCUT2D eigenvalue weighted by Gasteiger charge is -2.11. The molecule has 2 rings (SSSR count). The minimum Gasteiger partial charge on any atom is -0.481 e. The lowest BCUT2D eigenvalue weighted by atomic mass is 10.0. The van der Waals surface area contributed by atoms with E-state index < -0.39 is 17.8 Å². The summed E-state index contributed by atoms with van der Waals surface area (Å²) in [6, 6.07) is 5.34. The Kier molecular flexibility index (Phi) is 3.38. The van der Waals surface area contributed by atoms with Gasteiger partial charge >= 0.3 is 5.97 Å². The summed E-state index contributed by atoms with van der Waals surface area (Å²) in [6.45, 7) is 0. The Morgan fingerprint density at radius 1 is 1.56 bits per heavy atom. The van der Waals surface area contributed by atoms with E-state index in [0.29, 0.717) is 11.3 Å². The lowest BCUT2D eigenvalue weighted by Crippen LogP contribution is -2.15. The maximum atomic E-state index is 13.8. The molecule has 1 aromatic carbocycles. The average molecular weight is 249 g/mol. The van der Waals surface area contributed by atoms with Crippen LogP contribution in [-0.4, -0.2) is 20.9 Å². The molecule has 0 fully saturated rings. The molecule has 0 amide bonds. The Bertz CT molecular complexity index is 554. The van der Waals surface area contributed by atoms with Gasteiger partial charge in [0.05, 0.1) is 6.42 Å². The van der Waals surface area contributed by atoms with Gasteiger partial charge in [-0.3, -0.25) is 4.79 Å².